The SMILES string of the molecule is Nc1cccnc1-c1nc2c(Cl)cccc2[nH]1. The highest BCUT2D eigenvalue weighted by Gasteiger charge is 2.10. The number of nitrogens with two attached hydrogens (primary N) is 1. The van der Waals surface area contributed by atoms with Gasteiger partial charge in [0.05, 0.1) is 16.2 Å². The van der Waals surface area contributed by atoms with E-state index in [1.54, 1.807) is 24.4 Å². The van der Waals surface area contributed by atoms with Crippen molar-refractivity contribution in [1.82, 2.24) is 15.0 Å². The van der Waals surface area contributed by atoms with Crippen molar-refractivity contribution in [3.8, 4) is 11.5 Å². The Bertz CT molecular complexity index is 690. The van der Waals surface area contributed by atoms with E-state index in [1.807, 2.05) is 12.1 Å². The number of hydrogen-bond donors (Lipinski definition) is 2. The Morgan fingerprint density at radius 2 is 2.06 bits per heavy atom. The number of rotatable bonds is 1. The zero-order valence-corrected chi connectivity index (χ0v) is 9.57. The van der Waals surface area contributed by atoms with Gasteiger partial charge >= 0.3 is 0 Å². The monoisotopic (exact) mass is 244 g/mol. The Hall–Kier alpha value is -2.07. The highest BCUT2D eigenvalue weighted by Crippen LogP contribution is 2.26. The number of aromatic amines is 1. The van der Waals surface area contributed by atoms with Gasteiger partial charge in [0.2, 0.25) is 0 Å². The first-order valence-electron chi connectivity index (χ1n) is 5.11. The fourth-order valence-electron chi connectivity index (χ4n) is 1.72. The molecule has 0 atom stereocenters. The van der Waals surface area contributed by atoms with Crippen LogP contribution < -0.4 is 5.73 Å². The van der Waals surface area contributed by atoms with Crippen molar-refractivity contribution in [2.24, 2.45) is 0 Å². The first-order valence-corrected chi connectivity index (χ1v) is 5.48. The quantitative estimate of drug-likeness (QED) is 0.692. The summed E-state index contributed by atoms with van der Waals surface area (Å²) in [4.78, 5) is 11.8. The second-order valence-electron chi connectivity index (χ2n) is 3.66. The number of fused-ring (bicyclic) bond motifs is 1. The third-order valence-electron chi connectivity index (χ3n) is 2.53. The number of imidazole rings is 1. The van der Waals surface area contributed by atoms with E-state index in [0.29, 0.717) is 22.2 Å². The van der Waals surface area contributed by atoms with Crippen LogP contribution in [0.25, 0.3) is 22.6 Å². The van der Waals surface area contributed by atoms with Gasteiger partial charge < -0.3 is 10.7 Å². The Labute approximate surface area is 102 Å². The van der Waals surface area contributed by atoms with Crippen molar-refractivity contribution < 1.29 is 0 Å². The standard InChI is InChI=1S/C12H9ClN4/c13-7-3-1-5-9-10(7)17-12(16-9)11-8(14)4-2-6-15-11/h1-6H,14H2,(H,16,17). The molecule has 2 heterocycles. The minimum Gasteiger partial charge on any atom is -0.397 e. The van der Waals surface area contributed by atoms with Crippen LogP contribution in [-0.2, 0) is 0 Å². The minimum atomic E-state index is 0.586. The highest BCUT2D eigenvalue weighted by atomic mass is 35.5. The summed E-state index contributed by atoms with van der Waals surface area (Å²) in [5, 5.41) is 0.611. The number of para-hydroxylation sites is 1. The Kier molecular flexibility index (Phi) is 2.23. The summed E-state index contributed by atoms with van der Waals surface area (Å²) in [5.74, 6) is 0.631. The van der Waals surface area contributed by atoms with E-state index < -0.39 is 0 Å². The summed E-state index contributed by atoms with van der Waals surface area (Å²) in [5.41, 5.74) is 8.68. The molecule has 0 amide bonds. The lowest BCUT2D eigenvalue weighted by Gasteiger charge is -1.98. The maximum absolute atomic E-state index is 6.06. The fraction of sp³-hybridized carbons (Fsp3) is 0. The molecule has 3 N–H and O–H groups in total. The van der Waals surface area contributed by atoms with Crippen molar-refractivity contribution in [3.05, 3.63) is 41.6 Å². The van der Waals surface area contributed by atoms with Gasteiger partial charge in [-0.3, -0.25) is 4.98 Å². The lowest BCUT2D eigenvalue weighted by Crippen LogP contribution is -1.93. The number of nitrogens with zero attached hydrogens (tertiary/aromatic N) is 2. The van der Waals surface area contributed by atoms with Crippen LogP contribution in [0.2, 0.25) is 5.02 Å². The van der Waals surface area contributed by atoms with Crippen molar-refractivity contribution in [2.75, 3.05) is 5.73 Å². The molecule has 1 aromatic carbocycles. The third kappa shape index (κ3) is 1.62. The van der Waals surface area contributed by atoms with Gasteiger partial charge in [0.15, 0.2) is 5.82 Å². The molecule has 0 aliphatic carbocycles. The van der Waals surface area contributed by atoms with Crippen LogP contribution >= 0.6 is 11.6 Å². The lowest BCUT2D eigenvalue weighted by molar-refractivity contribution is 1.24. The molecule has 3 rings (SSSR count). The second kappa shape index (κ2) is 3.75. The largest absolute Gasteiger partial charge is 0.397 e. The van der Waals surface area contributed by atoms with E-state index in [2.05, 4.69) is 15.0 Å². The minimum absolute atomic E-state index is 0.586. The van der Waals surface area contributed by atoms with Crippen molar-refractivity contribution >= 4 is 28.3 Å². The number of nitrogens with one attached hydrogen (secondary N) is 1. The van der Waals surface area contributed by atoms with E-state index in [9.17, 15) is 0 Å². The van der Waals surface area contributed by atoms with Crippen molar-refractivity contribution in [2.45, 2.75) is 0 Å². The zero-order chi connectivity index (χ0) is 11.8. The van der Waals surface area contributed by atoms with Gasteiger partial charge in [0.1, 0.15) is 11.2 Å². The number of aromatic nitrogens is 3. The van der Waals surface area contributed by atoms with E-state index >= 15 is 0 Å². The third-order valence-corrected chi connectivity index (χ3v) is 2.83. The van der Waals surface area contributed by atoms with E-state index in [1.165, 1.54) is 0 Å². The van der Waals surface area contributed by atoms with E-state index in [-0.39, 0.29) is 0 Å². The van der Waals surface area contributed by atoms with Crippen molar-refractivity contribution in [1.29, 1.82) is 0 Å². The highest BCUT2D eigenvalue weighted by molar-refractivity contribution is 6.35. The first-order chi connectivity index (χ1) is 8.25. The van der Waals surface area contributed by atoms with Crippen LogP contribution in [0.1, 0.15) is 0 Å². The fourth-order valence-corrected chi connectivity index (χ4v) is 1.94. The van der Waals surface area contributed by atoms with Crippen LogP contribution in [-0.4, -0.2) is 15.0 Å². The molecule has 0 radical (unpaired) electrons. The number of halogens is 1. The van der Waals surface area contributed by atoms with Gasteiger partial charge in [-0.25, -0.2) is 4.98 Å². The van der Waals surface area contributed by atoms with E-state index in [4.69, 9.17) is 17.3 Å². The van der Waals surface area contributed by atoms with Gasteiger partial charge in [-0.15, -0.1) is 0 Å². The Morgan fingerprint density at radius 3 is 2.82 bits per heavy atom. The topological polar surface area (TPSA) is 67.6 Å². The van der Waals surface area contributed by atoms with Crippen LogP contribution in [0.4, 0.5) is 5.69 Å². The molecule has 0 aliphatic heterocycles. The molecule has 0 aliphatic rings. The molecule has 17 heavy (non-hydrogen) atoms. The molecule has 3 aromatic rings. The summed E-state index contributed by atoms with van der Waals surface area (Å²) in [6.45, 7) is 0. The van der Waals surface area contributed by atoms with Gasteiger partial charge in [-0.2, -0.15) is 0 Å². The normalized spacial score (nSPS) is 10.9. The number of benzene rings is 1. The summed E-state index contributed by atoms with van der Waals surface area (Å²) in [6, 6.07) is 9.16. The summed E-state index contributed by atoms with van der Waals surface area (Å²) < 4.78 is 0. The molecule has 5 heteroatoms. The molecule has 84 valence electrons. The molecule has 0 unspecified atom stereocenters. The molecule has 0 saturated heterocycles. The maximum Gasteiger partial charge on any atom is 0.159 e. The van der Waals surface area contributed by atoms with Crippen LogP contribution in [0, 0.1) is 0 Å². The molecular weight excluding hydrogens is 236 g/mol. The second-order valence-corrected chi connectivity index (χ2v) is 4.07. The molecular formula is C12H9ClN4. The maximum atomic E-state index is 6.06. The number of nitrogen functional groups attached to an aromatic ring is 1. The number of anilines is 1. The number of hydrogen-bond acceptors (Lipinski definition) is 3. The molecule has 0 saturated carbocycles. The first kappa shape index (κ1) is 10.1. The Morgan fingerprint density at radius 1 is 1.18 bits per heavy atom. The van der Waals surface area contributed by atoms with Gasteiger partial charge in [-0.05, 0) is 24.3 Å². The molecule has 0 bridgehead atoms. The number of H-pyrrole nitrogens is 1. The van der Waals surface area contributed by atoms with Crippen LogP contribution in [0.5, 0.6) is 0 Å². The predicted octanol–water partition coefficient (Wildman–Crippen LogP) is 2.86. The van der Waals surface area contributed by atoms with Crippen LogP contribution in [0.15, 0.2) is 36.5 Å². The van der Waals surface area contributed by atoms with Gasteiger partial charge in [-0.1, -0.05) is 17.7 Å². The summed E-state index contributed by atoms with van der Waals surface area (Å²) >= 11 is 6.06. The molecule has 0 fully saturated rings. The van der Waals surface area contributed by atoms with Gasteiger partial charge in [0, 0.05) is 6.20 Å². The smallest absolute Gasteiger partial charge is 0.159 e. The Balaban J connectivity index is 2.26. The average Bonchev–Trinajstić information content (AvgIpc) is 2.75. The molecule has 2 aromatic heterocycles. The van der Waals surface area contributed by atoms with Crippen LogP contribution in [0.3, 0.4) is 0 Å². The predicted molar refractivity (Wildman–Crippen MR) is 68.7 cm³/mol. The number of pyridine rings is 1. The zero-order valence-electron chi connectivity index (χ0n) is 8.81. The summed E-state index contributed by atoms with van der Waals surface area (Å²) in [7, 11) is 0. The molecule has 4 nitrogen and oxygen atoms in total. The van der Waals surface area contributed by atoms with E-state index in [0.717, 1.165) is 11.0 Å². The van der Waals surface area contributed by atoms with Gasteiger partial charge in [0.25, 0.3) is 0 Å². The average molecular weight is 245 g/mol. The van der Waals surface area contributed by atoms with Crippen molar-refractivity contribution in [3.63, 3.8) is 0 Å². The lowest BCUT2D eigenvalue weighted by atomic mass is 10.3. The summed E-state index contributed by atoms with van der Waals surface area (Å²) in [6.07, 6.45) is 1.68. The molecule has 0 spiro atoms.